The van der Waals surface area contributed by atoms with E-state index in [0.29, 0.717) is 11.3 Å². The molecule has 4 heteroatoms. The molecule has 1 aliphatic carbocycles. The van der Waals surface area contributed by atoms with E-state index in [9.17, 15) is 0 Å². The van der Waals surface area contributed by atoms with Crippen LogP contribution < -0.4 is 5.73 Å². The zero-order chi connectivity index (χ0) is 14.1. The monoisotopic (exact) mass is 263 g/mol. The average molecular weight is 263 g/mol. The molecule has 0 unspecified atom stereocenters. The summed E-state index contributed by atoms with van der Waals surface area (Å²) in [5, 5.41) is 0. The first-order chi connectivity index (χ1) is 9.03. The summed E-state index contributed by atoms with van der Waals surface area (Å²) in [6.07, 6.45) is 5.73. The van der Waals surface area contributed by atoms with Gasteiger partial charge in [-0.3, -0.25) is 0 Å². The van der Waals surface area contributed by atoms with E-state index in [1.54, 1.807) is 0 Å². The highest BCUT2D eigenvalue weighted by molar-refractivity contribution is 5.20. The van der Waals surface area contributed by atoms with E-state index in [2.05, 4.69) is 23.8 Å². The molecule has 1 aromatic heterocycles. The average Bonchev–Trinajstić information content (AvgIpc) is 2.35. The summed E-state index contributed by atoms with van der Waals surface area (Å²) in [4.78, 5) is 8.88. The van der Waals surface area contributed by atoms with Gasteiger partial charge in [0.25, 0.3) is 0 Å². The molecule has 1 aromatic rings. The van der Waals surface area contributed by atoms with Gasteiger partial charge in [0.15, 0.2) is 0 Å². The topological polar surface area (TPSA) is 61.0 Å². The van der Waals surface area contributed by atoms with E-state index in [1.807, 2.05) is 26.2 Å². The molecule has 0 amide bonds. The van der Waals surface area contributed by atoms with Crippen LogP contribution >= 0.6 is 0 Å². The van der Waals surface area contributed by atoms with Crippen LogP contribution in [0.4, 0.5) is 0 Å². The molecule has 19 heavy (non-hydrogen) atoms. The molecule has 1 spiro atoms. The lowest BCUT2D eigenvalue weighted by Gasteiger charge is -2.57. The van der Waals surface area contributed by atoms with Crippen LogP contribution in [0, 0.1) is 5.41 Å². The minimum absolute atomic E-state index is 0.320. The fourth-order valence-electron chi connectivity index (χ4n) is 2.93. The van der Waals surface area contributed by atoms with Crippen molar-refractivity contribution in [1.82, 2.24) is 9.97 Å². The first kappa shape index (κ1) is 14.4. The Morgan fingerprint density at radius 3 is 2.05 bits per heavy atom. The quantitative estimate of drug-likeness (QED) is 0.891. The first-order valence-electron chi connectivity index (χ1n) is 7.22. The SMILES string of the molecule is CC.CC(C)c1cnc(C2(N)CC3(COC3)C2)nc1. The number of ether oxygens (including phenoxy) is 1. The first-order valence-corrected chi connectivity index (χ1v) is 7.22. The van der Waals surface area contributed by atoms with Crippen molar-refractivity contribution in [3.63, 3.8) is 0 Å². The maximum absolute atomic E-state index is 6.35. The van der Waals surface area contributed by atoms with Crippen molar-refractivity contribution >= 4 is 0 Å². The van der Waals surface area contributed by atoms with Crippen molar-refractivity contribution < 1.29 is 4.74 Å². The molecule has 2 heterocycles. The molecule has 1 aliphatic heterocycles. The lowest BCUT2D eigenvalue weighted by atomic mass is 9.56. The summed E-state index contributed by atoms with van der Waals surface area (Å²) in [6.45, 7) is 9.99. The van der Waals surface area contributed by atoms with Crippen LogP contribution in [0.1, 0.15) is 57.8 Å². The fourth-order valence-corrected chi connectivity index (χ4v) is 2.93. The van der Waals surface area contributed by atoms with Gasteiger partial charge in [0, 0.05) is 17.8 Å². The Morgan fingerprint density at radius 2 is 1.68 bits per heavy atom. The number of aromatic nitrogens is 2. The maximum Gasteiger partial charge on any atom is 0.148 e. The number of hydrogen-bond donors (Lipinski definition) is 1. The highest BCUT2D eigenvalue weighted by Crippen LogP contribution is 2.55. The Bertz CT molecular complexity index is 416. The van der Waals surface area contributed by atoms with E-state index in [1.165, 1.54) is 5.56 Å². The standard InChI is InChI=1S/C13H19N3O.C2H6/c1-9(2)10-3-15-11(16-4-10)13(14)5-12(6-13)7-17-8-12;1-2/h3-4,9H,5-8,14H2,1-2H3;1-2H3. The Hall–Kier alpha value is -1.00. The zero-order valence-electron chi connectivity index (χ0n) is 12.4. The predicted molar refractivity (Wildman–Crippen MR) is 75.8 cm³/mol. The number of rotatable bonds is 2. The van der Waals surface area contributed by atoms with E-state index in [-0.39, 0.29) is 5.54 Å². The van der Waals surface area contributed by atoms with Crippen molar-refractivity contribution in [2.45, 2.75) is 52.0 Å². The lowest BCUT2D eigenvalue weighted by Crippen LogP contribution is -2.64. The summed E-state index contributed by atoms with van der Waals surface area (Å²) < 4.78 is 5.26. The molecule has 2 N–H and O–H groups in total. The van der Waals surface area contributed by atoms with Gasteiger partial charge in [-0.15, -0.1) is 0 Å². The second kappa shape index (κ2) is 5.17. The Morgan fingerprint density at radius 1 is 1.16 bits per heavy atom. The van der Waals surface area contributed by atoms with Crippen LogP contribution in [-0.4, -0.2) is 23.2 Å². The van der Waals surface area contributed by atoms with Crippen LogP contribution in [-0.2, 0) is 10.3 Å². The van der Waals surface area contributed by atoms with E-state index >= 15 is 0 Å². The van der Waals surface area contributed by atoms with Crippen molar-refractivity contribution in [3.05, 3.63) is 23.8 Å². The molecule has 0 radical (unpaired) electrons. The van der Waals surface area contributed by atoms with Gasteiger partial charge in [0.1, 0.15) is 5.82 Å². The predicted octanol–water partition coefficient (Wildman–Crippen LogP) is 2.59. The van der Waals surface area contributed by atoms with Gasteiger partial charge < -0.3 is 10.5 Å². The lowest BCUT2D eigenvalue weighted by molar-refractivity contribution is -0.189. The molecule has 3 rings (SSSR count). The molecule has 0 aromatic carbocycles. The molecule has 106 valence electrons. The van der Waals surface area contributed by atoms with Crippen molar-refractivity contribution in [3.8, 4) is 0 Å². The summed E-state index contributed by atoms with van der Waals surface area (Å²) in [5.74, 6) is 1.25. The molecule has 0 bridgehead atoms. The second-order valence-corrected chi connectivity index (χ2v) is 6.00. The fraction of sp³-hybridized carbons (Fsp3) is 0.733. The van der Waals surface area contributed by atoms with Crippen LogP contribution in [0.15, 0.2) is 12.4 Å². The van der Waals surface area contributed by atoms with Gasteiger partial charge in [-0.2, -0.15) is 0 Å². The largest absolute Gasteiger partial charge is 0.380 e. The van der Waals surface area contributed by atoms with E-state index < -0.39 is 0 Å². The van der Waals surface area contributed by atoms with E-state index in [4.69, 9.17) is 10.5 Å². The Balaban J connectivity index is 0.000000637. The van der Waals surface area contributed by atoms with Crippen LogP contribution in [0.3, 0.4) is 0 Å². The molecule has 1 saturated heterocycles. The number of hydrogen-bond acceptors (Lipinski definition) is 4. The summed E-state index contributed by atoms with van der Waals surface area (Å²) >= 11 is 0. The third-order valence-electron chi connectivity index (χ3n) is 3.98. The molecule has 2 fully saturated rings. The highest BCUT2D eigenvalue weighted by atomic mass is 16.5. The van der Waals surface area contributed by atoms with Crippen LogP contribution in [0.25, 0.3) is 0 Å². The van der Waals surface area contributed by atoms with Gasteiger partial charge in [-0.1, -0.05) is 27.7 Å². The highest BCUT2D eigenvalue weighted by Gasteiger charge is 2.58. The van der Waals surface area contributed by atoms with Gasteiger partial charge in [0.2, 0.25) is 0 Å². The molecular formula is C15H25N3O. The van der Waals surface area contributed by atoms with Gasteiger partial charge >= 0.3 is 0 Å². The minimum atomic E-state index is -0.320. The van der Waals surface area contributed by atoms with Crippen molar-refractivity contribution in [2.75, 3.05) is 13.2 Å². The normalized spacial score (nSPS) is 22.2. The van der Waals surface area contributed by atoms with Crippen molar-refractivity contribution in [2.24, 2.45) is 11.1 Å². The summed E-state index contributed by atoms with van der Waals surface area (Å²) in [5.41, 5.74) is 7.54. The molecule has 0 atom stereocenters. The smallest absolute Gasteiger partial charge is 0.148 e. The Kier molecular flexibility index (Phi) is 3.92. The molecule has 4 nitrogen and oxygen atoms in total. The van der Waals surface area contributed by atoms with Gasteiger partial charge in [-0.05, 0) is 24.3 Å². The third-order valence-corrected chi connectivity index (χ3v) is 3.98. The molecular weight excluding hydrogens is 238 g/mol. The molecule has 2 aliphatic rings. The van der Waals surface area contributed by atoms with Crippen molar-refractivity contribution in [1.29, 1.82) is 0 Å². The number of nitrogens with zero attached hydrogens (tertiary/aromatic N) is 2. The summed E-state index contributed by atoms with van der Waals surface area (Å²) in [6, 6.07) is 0. The second-order valence-electron chi connectivity index (χ2n) is 6.00. The minimum Gasteiger partial charge on any atom is -0.380 e. The Labute approximate surface area is 115 Å². The van der Waals surface area contributed by atoms with Crippen LogP contribution in [0.2, 0.25) is 0 Å². The van der Waals surface area contributed by atoms with E-state index in [0.717, 1.165) is 31.9 Å². The van der Waals surface area contributed by atoms with Crippen LogP contribution in [0.5, 0.6) is 0 Å². The summed E-state index contributed by atoms with van der Waals surface area (Å²) in [7, 11) is 0. The zero-order valence-corrected chi connectivity index (χ0v) is 12.4. The van der Waals surface area contributed by atoms with Gasteiger partial charge in [-0.25, -0.2) is 9.97 Å². The maximum atomic E-state index is 6.35. The third kappa shape index (κ3) is 2.51. The van der Waals surface area contributed by atoms with Gasteiger partial charge in [0.05, 0.1) is 18.8 Å². The molecule has 1 saturated carbocycles. The number of nitrogens with two attached hydrogens (primary N) is 1.